The normalized spacial score (nSPS) is 10.5. The van der Waals surface area contributed by atoms with Crippen molar-refractivity contribution in [3.05, 3.63) is 182 Å². The fourth-order valence-corrected chi connectivity index (χ4v) is 13.5. The van der Waals surface area contributed by atoms with Gasteiger partial charge in [-0.1, -0.05) is 168 Å². The summed E-state index contributed by atoms with van der Waals surface area (Å²) in [7, 11) is -2.21. The molecule has 0 spiro atoms. The van der Waals surface area contributed by atoms with Crippen molar-refractivity contribution in [1.82, 2.24) is 0 Å². The molecule has 0 radical (unpaired) electrons. The molecule has 0 heterocycles. The highest BCUT2D eigenvalue weighted by Gasteiger charge is 2.44. The van der Waals surface area contributed by atoms with Crippen molar-refractivity contribution in [1.29, 1.82) is 0 Å². The Labute approximate surface area is 354 Å². The van der Waals surface area contributed by atoms with Crippen molar-refractivity contribution < 1.29 is 36.8 Å². The first-order chi connectivity index (χ1) is 27.0. The number of carboxylic acid groups (broad SMARTS) is 2. The zero-order valence-electron chi connectivity index (χ0n) is 31.8. The van der Waals surface area contributed by atoms with Crippen LogP contribution in [0.5, 0.6) is 0 Å². The quantitative estimate of drug-likeness (QED) is 0.0583. The molecule has 0 saturated heterocycles. The van der Waals surface area contributed by atoms with Crippen LogP contribution in [0.4, 0.5) is 0 Å². The third-order valence-electron chi connectivity index (χ3n) is 9.04. The summed E-state index contributed by atoms with van der Waals surface area (Å²) in [4.78, 5) is 20.8. The molecule has 4 nitrogen and oxygen atoms in total. The van der Waals surface area contributed by atoms with Crippen LogP contribution in [-0.4, -0.2) is 33.6 Å². The average molecular weight is 915 g/mol. The smallest absolute Gasteiger partial charge is 0.303 e. The molecule has 0 amide bonds. The monoisotopic (exact) mass is 912 g/mol. The molecule has 0 atom stereocenters. The van der Waals surface area contributed by atoms with E-state index in [0.717, 1.165) is 50.0 Å². The van der Waals surface area contributed by atoms with Gasteiger partial charge in [0.25, 0.3) is 0 Å². The fourth-order valence-electron chi connectivity index (χ4n) is 6.41. The number of halogens is 2. The molecule has 0 bridgehead atoms. The fraction of sp³-hybridized carbons (Fsp3) is 0.208. The standard InChI is InChI=1S/C24H25O2P.C18H15P.C6H11BrO2.BrH/c25-24(26)19-11-4-12-20-27(21-13-5-1-6-14-21,22-15-7-2-8-16-22)23-17-9-3-10-18-23;1-4-10-16(11-5-1)19(17-12-6-2-7-13-17)18-14-8-3-9-15-18;7-5-3-1-2-4-6(8)9;/h1-3,5-10,13-18H,4,11-12,19-20H2;1-15H;1-5H2,(H,8,9);1H. The van der Waals surface area contributed by atoms with Gasteiger partial charge in [0.05, 0.1) is 6.16 Å². The van der Waals surface area contributed by atoms with Crippen molar-refractivity contribution in [3.63, 3.8) is 0 Å². The van der Waals surface area contributed by atoms with Crippen molar-refractivity contribution in [3.8, 4) is 0 Å². The topological polar surface area (TPSA) is 74.6 Å². The Balaban J connectivity index is 0.000000252. The van der Waals surface area contributed by atoms with Gasteiger partial charge in [-0.2, -0.15) is 0 Å². The highest BCUT2D eigenvalue weighted by Crippen LogP contribution is 2.56. The Morgan fingerprint density at radius 3 is 1.00 bits per heavy atom. The van der Waals surface area contributed by atoms with E-state index in [1.54, 1.807) is 0 Å². The van der Waals surface area contributed by atoms with Crippen molar-refractivity contribution in [2.45, 2.75) is 51.4 Å². The largest absolute Gasteiger partial charge is 1.00 e. The number of carbonyl (C=O) groups is 2. The summed E-state index contributed by atoms with van der Waals surface area (Å²) in [6.07, 6.45) is 7.24. The lowest BCUT2D eigenvalue weighted by Gasteiger charge is -2.27. The number of rotatable bonds is 17. The first-order valence-corrected chi connectivity index (χ1v) is 23.4. The van der Waals surface area contributed by atoms with Gasteiger partial charge in [-0.3, -0.25) is 9.59 Å². The minimum absolute atomic E-state index is 0. The lowest BCUT2D eigenvalue weighted by Crippen LogP contribution is -3.00. The molecule has 0 saturated carbocycles. The molecular weight excluding hydrogens is 862 g/mol. The molecule has 0 aliphatic rings. The Morgan fingerprint density at radius 1 is 0.429 bits per heavy atom. The summed E-state index contributed by atoms with van der Waals surface area (Å²) in [5.41, 5.74) is 0. The van der Waals surface area contributed by atoms with Gasteiger partial charge in [0.15, 0.2) is 0 Å². The first kappa shape index (κ1) is 46.5. The van der Waals surface area contributed by atoms with Gasteiger partial charge in [-0.25, -0.2) is 0 Å². The highest BCUT2D eigenvalue weighted by atomic mass is 79.9. The van der Waals surface area contributed by atoms with Crippen molar-refractivity contribution in [2.75, 3.05) is 11.5 Å². The summed E-state index contributed by atoms with van der Waals surface area (Å²) < 4.78 is 0. The summed E-state index contributed by atoms with van der Waals surface area (Å²) in [6, 6.07) is 64.8. The average Bonchev–Trinajstić information content (AvgIpc) is 3.24. The SMILES string of the molecule is O=C(O)CCCCCBr.O=C(O)CCCCC[P+](c1ccccc1)(c1ccccc1)c1ccccc1.[Br-].c1ccc(P(c2ccccc2)c2ccccc2)cc1. The van der Waals surface area contributed by atoms with Gasteiger partial charge < -0.3 is 27.2 Å². The number of hydrogen-bond acceptors (Lipinski definition) is 2. The van der Waals surface area contributed by atoms with Gasteiger partial charge in [-0.05, 0) is 92.3 Å². The number of hydrogen-bond donors (Lipinski definition) is 2. The molecule has 8 heteroatoms. The molecular formula is C48H52Br2O4P2. The Morgan fingerprint density at radius 2 is 0.714 bits per heavy atom. The van der Waals surface area contributed by atoms with Crippen LogP contribution >= 0.6 is 31.1 Å². The second kappa shape index (κ2) is 26.8. The lowest BCUT2D eigenvalue weighted by atomic mass is 10.2. The zero-order valence-corrected chi connectivity index (χ0v) is 36.7. The van der Waals surface area contributed by atoms with E-state index in [0.29, 0.717) is 6.42 Å². The van der Waals surface area contributed by atoms with E-state index < -0.39 is 27.1 Å². The van der Waals surface area contributed by atoms with E-state index in [9.17, 15) is 9.59 Å². The predicted molar refractivity (Wildman–Crippen MR) is 241 cm³/mol. The van der Waals surface area contributed by atoms with Gasteiger partial charge in [0.1, 0.15) is 23.2 Å². The first-order valence-electron chi connectivity index (χ1n) is 19.0. The number of aliphatic carboxylic acids is 2. The van der Waals surface area contributed by atoms with E-state index in [2.05, 4.69) is 198 Å². The Hall–Kier alpha value is -3.92. The van der Waals surface area contributed by atoms with E-state index in [1.807, 2.05) is 0 Å². The summed E-state index contributed by atoms with van der Waals surface area (Å²) >= 11 is 3.27. The van der Waals surface area contributed by atoms with Crippen LogP contribution in [0.2, 0.25) is 0 Å². The number of alkyl halides is 1. The predicted octanol–water partition coefficient (Wildman–Crippen LogP) is 7.10. The molecule has 0 aliphatic heterocycles. The van der Waals surface area contributed by atoms with Crippen LogP contribution in [0.3, 0.4) is 0 Å². The zero-order chi connectivity index (χ0) is 39.0. The molecule has 6 aromatic carbocycles. The number of carboxylic acids is 2. The Bertz CT molecular complexity index is 1730. The van der Waals surface area contributed by atoms with Crippen LogP contribution in [0.25, 0.3) is 0 Å². The maximum absolute atomic E-state index is 10.8. The van der Waals surface area contributed by atoms with E-state index in [4.69, 9.17) is 10.2 Å². The molecule has 0 aromatic heterocycles. The molecule has 56 heavy (non-hydrogen) atoms. The van der Waals surface area contributed by atoms with Crippen molar-refractivity contribution >= 4 is 74.9 Å². The van der Waals surface area contributed by atoms with E-state index in [1.165, 1.54) is 31.8 Å². The van der Waals surface area contributed by atoms with Crippen LogP contribution < -0.4 is 48.8 Å². The van der Waals surface area contributed by atoms with Gasteiger partial charge in [-0.15, -0.1) is 0 Å². The molecule has 2 N–H and O–H groups in total. The van der Waals surface area contributed by atoms with Crippen LogP contribution in [0.1, 0.15) is 51.4 Å². The molecule has 0 aliphatic carbocycles. The third kappa shape index (κ3) is 15.2. The number of benzene rings is 6. The highest BCUT2D eigenvalue weighted by molar-refractivity contribution is 9.09. The van der Waals surface area contributed by atoms with Gasteiger partial charge >= 0.3 is 11.9 Å². The molecule has 6 aromatic rings. The lowest BCUT2D eigenvalue weighted by molar-refractivity contribution is -0.138. The minimum Gasteiger partial charge on any atom is -1.00 e. The summed E-state index contributed by atoms with van der Waals surface area (Å²) in [5, 5.41) is 26.5. The maximum atomic E-state index is 10.8. The molecule has 0 fully saturated rings. The summed E-state index contributed by atoms with van der Waals surface area (Å²) in [6.45, 7) is 0. The van der Waals surface area contributed by atoms with Crippen molar-refractivity contribution in [2.24, 2.45) is 0 Å². The second-order valence-electron chi connectivity index (χ2n) is 13.0. The number of unbranched alkanes of at least 4 members (excludes halogenated alkanes) is 4. The third-order valence-corrected chi connectivity index (χ3v) is 16.6. The minimum atomic E-state index is -1.76. The molecule has 6 rings (SSSR count). The van der Waals surface area contributed by atoms with Crippen LogP contribution in [0, 0.1) is 0 Å². The van der Waals surface area contributed by atoms with Crippen LogP contribution in [-0.2, 0) is 9.59 Å². The van der Waals surface area contributed by atoms with Gasteiger partial charge in [0, 0.05) is 18.2 Å². The molecule has 292 valence electrons. The Kier molecular flexibility index (Phi) is 22.3. The maximum Gasteiger partial charge on any atom is 0.303 e. The van der Waals surface area contributed by atoms with E-state index in [-0.39, 0.29) is 23.4 Å². The van der Waals surface area contributed by atoms with E-state index >= 15 is 0 Å². The van der Waals surface area contributed by atoms with Gasteiger partial charge in [0.2, 0.25) is 0 Å². The van der Waals surface area contributed by atoms with Crippen LogP contribution in [0.15, 0.2) is 182 Å². The second-order valence-corrected chi connectivity index (χ2v) is 19.6. The molecule has 0 unspecified atom stereocenters. The summed E-state index contributed by atoms with van der Waals surface area (Å²) in [5.74, 6) is -1.39.